The summed E-state index contributed by atoms with van der Waals surface area (Å²) in [6.07, 6.45) is 1.21. The minimum atomic E-state index is -4.51. The molecule has 1 aromatic carbocycles. The van der Waals surface area contributed by atoms with Crippen molar-refractivity contribution in [3.63, 3.8) is 0 Å². The zero-order valence-corrected chi connectivity index (χ0v) is 20.4. The number of aliphatic imine (C=N–C) groups is 1. The lowest BCUT2D eigenvalue weighted by molar-refractivity contribution is -0.137. The first-order chi connectivity index (χ1) is 16.8. The van der Waals surface area contributed by atoms with E-state index >= 15 is 0 Å². The van der Waals surface area contributed by atoms with E-state index in [4.69, 9.17) is 4.74 Å². The number of amides is 1. The van der Waals surface area contributed by atoms with E-state index in [2.05, 4.69) is 39.4 Å². The molecule has 0 radical (unpaired) electrons. The van der Waals surface area contributed by atoms with Gasteiger partial charge in [-0.1, -0.05) is 13.3 Å². The van der Waals surface area contributed by atoms with Gasteiger partial charge in [0.25, 0.3) is 0 Å². The molecule has 0 spiro atoms. The molecule has 0 bridgehead atoms. The molecule has 192 valence electrons. The minimum absolute atomic E-state index is 0.0238. The van der Waals surface area contributed by atoms with E-state index in [1.54, 1.807) is 6.07 Å². The second kappa shape index (κ2) is 11.2. The summed E-state index contributed by atoms with van der Waals surface area (Å²) in [6.45, 7) is 3.81. The number of azo groups is 1. The predicted octanol–water partition coefficient (Wildman–Crippen LogP) is 4.80. The van der Waals surface area contributed by atoms with Crippen molar-refractivity contribution >= 4 is 11.7 Å². The fourth-order valence-corrected chi connectivity index (χ4v) is 5.61. The molecule has 7 nitrogen and oxygen atoms in total. The van der Waals surface area contributed by atoms with E-state index in [0.29, 0.717) is 17.6 Å². The zero-order valence-electron chi connectivity index (χ0n) is 20.4. The van der Waals surface area contributed by atoms with Gasteiger partial charge in [0.05, 0.1) is 5.56 Å². The molecule has 1 amide bonds. The molecule has 4 rings (SSSR count). The number of ether oxygens (including phenoxy) is 1. The van der Waals surface area contributed by atoms with Gasteiger partial charge in [0, 0.05) is 43.3 Å². The first-order valence-electron chi connectivity index (χ1n) is 12.5. The van der Waals surface area contributed by atoms with E-state index in [9.17, 15) is 18.0 Å². The molecule has 1 aromatic rings. The summed E-state index contributed by atoms with van der Waals surface area (Å²) in [6, 6.07) is 4.50. The number of nitrogens with zero attached hydrogens (tertiary/aromatic N) is 4. The SMILES string of the molecule is CCCC1C[C@@H](N(C)C2CCOCC2)C[C@H]1C(=O)NCc1cc(C2=NCN=N2)cc(C(F)(F)F)c1. The molecule has 1 aliphatic carbocycles. The minimum Gasteiger partial charge on any atom is -0.381 e. The van der Waals surface area contributed by atoms with Crippen LogP contribution < -0.4 is 5.32 Å². The number of hydrogen-bond donors (Lipinski definition) is 1. The smallest absolute Gasteiger partial charge is 0.381 e. The van der Waals surface area contributed by atoms with Gasteiger partial charge in [-0.15, -0.1) is 5.11 Å². The van der Waals surface area contributed by atoms with E-state index in [1.807, 2.05) is 0 Å². The van der Waals surface area contributed by atoms with Crippen LogP contribution in [0.1, 0.15) is 62.1 Å². The maximum atomic E-state index is 13.5. The molecule has 1 unspecified atom stereocenters. The topological polar surface area (TPSA) is 78.6 Å². The number of carbonyl (C=O) groups excluding carboxylic acids is 1. The Balaban J connectivity index is 1.44. The van der Waals surface area contributed by atoms with Crippen molar-refractivity contribution in [2.45, 2.75) is 70.3 Å². The summed E-state index contributed by atoms with van der Waals surface area (Å²) in [5, 5.41) is 10.5. The monoisotopic (exact) mass is 493 g/mol. The highest BCUT2D eigenvalue weighted by atomic mass is 19.4. The average Bonchev–Trinajstić information content (AvgIpc) is 3.53. The van der Waals surface area contributed by atoms with Gasteiger partial charge in [-0.2, -0.15) is 18.3 Å². The Morgan fingerprint density at radius 1 is 1.17 bits per heavy atom. The van der Waals surface area contributed by atoms with Crippen LogP contribution in [-0.2, 0) is 22.3 Å². The molecule has 3 atom stereocenters. The van der Waals surface area contributed by atoms with Gasteiger partial charge < -0.3 is 15.0 Å². The lowest BCUT2D eigenvalue weighted by atomic mass is 9.91. The molecule has 0 aromatic heterocycles. The van der Waals surface area contributed by atoms with Gasteiger partial charge in [-0.3, -0.25) is 4.79 Å². The van der Waals surface area contributed by atoms with Crippen molar-refractivity contribution in [1.82, 2.24) is 10.2 Å². The van der Waals surface area contributed by atoms with Crippen molar-refractivity contribution in [3.8, 4) is 0 Å². The summed E-state index contributed by atoms with van der Waals surface area (Å²) in [5.41, 5.74) is -0.158. The van der Waals surface area contributed by atoms with Crippen molar-refractivity contribution in [1.29, 1.82) is 0 Å². The highest BCUT2D eigenvalue weighted by molar-refractivity contribution is 6.00. The maximum absolute atomic E-state index is 13.5. The third-order valence-corrected chi connectivity index (χ3v) is 7.50. The third kappa shape index (κ3) is 6.27. The molecular weight excluding hydrogens is 459 g/mol. The van der Waals surface area contributed by atoms with Gasteiger partial charge in [0.2, 0.25) is 5.91 Å². The van der Waals surface area contributed by atoms with Crippen LogP contribution in [0.3, 0.4) is 0 Å². The van der Waals surface area contributed by atoms with Crippen molar-refractivity contribution in [2.24, 2.45) is 27.1 Å². The molecule has 3 aliphatic rings. The Bertz CT molecular complexity index is 959. The first-order valence-corrected chi connectivity index (χ1v) is 12.5. The lowest BCUT2D eigenvalue weighted by Crippen LogP contribution is -2.42. The number of halogens is 3. The van der Waals surface area contributed by atoms with Crippen molar-refractivity contribution in [2.75, 3.05) is 26.9 Å². The third-order valence-electron chi connectivity index (χ3n) is 7.50. The second-order valence-corrected chi connectivity index (χ2v) is 9.79. The number of hydrogen-bond acceptors (Lipinski definition) is 6. The number of carbonyl (C=O) groups is 1. The van der Waals surface area contributed by atoms with Crippen LogP contribution in [-0.4, -0.2) is 55.7 Å². The standard InChI is InChI=1S/C25H34F3N5O2/c1-3-4-17-12-21(33(2)20-5-7-35-8-6-20)13-22(17)24(34)29-14-16-9-18(23-30-15-31-32-23)11-19(10-16)25(26,27)28/h9-11,17,20-22H,3-8,12-15H2,1-2H3,(H,29,34)/t17?,21-,22-/m1/s1. The summed E-state index contributed by atoms with van der Waals surface area (Å²) in [7, 11) is 2.15. The Morgan fingerprint density at radius 2 is 1.94 bits per heavy atom. The van der Waals surface area contributed by atoms with Crippen LogP contribution in [0.4, 0.5) is 13.2 Å². The molecule has 35 heavy (non-hydrogen) atoms. The Labute approximate surface area is 204 Å². The maximum Gasteiger partial charge on any atom is 0.416 e. The van der Waals surface area contributed by atoms with E-state index in [-0.39, 0.29) is 42.4 Å². The lowest BCUT2D eigenvalue weighted by Gasteiger charge is -2.35. The van der Waals surface area contributed by atoms with Crippen LogP contribution in [0, 0.1) is 11.8 Å². The van der Waals surface area contributed by atoms with Crippen LogP contribution in [0.25, 0.3) is 0 Å². The molecular formula is C25H34F3N5O2. The Morgan fingerprint density at radius 3 is 2.60 bits per heavy atom. The predicted molar refractivity (Wildman–Crippen MR) is 126 cm³/mol. The van der Waals surface area contributed by atoms with Crippen molar-refractivity contribution in [3.05, 3.63) is 34.9 Å². The second-order valence-electron chi connectivity index (χ2n) is 9.79. The highest BCUT2D eigenvalue weighted by Crippen LogP contribution is 2.39. The van der Waals surface area contributed by atoms with E-state index < -0.39 is 11.7 Å². The molecule has 1 N–H and O–H groups in total. The molecule has 2 aliphatic heterocycles. The van der Waals surface area contributed by atoms with E-state index in [1.165, 1.54) is 0 Å². The Kier molecular flexibility index (Phi) is 8.21. The normalized spacial score (nSPS) is 25.3. The summed E-state index contributed by atoms with van der Waals surface area (Å²) >= 11 is 0. The van der Waals surface area contributed by atoms with Gasteiger partial charge in [-0.25, -0.2) is 4.99 Å². The number of benzene rings is 1. The largest absolute Gasteiger partial charge is 0.416 e. The molecule has 1 saturated carbocycles. The van der Waals surface area contributed by atoms with Crippen LogP contribution >= 0.6 is 0 Å². The quantitative estimate of drug-likeness (QED) is 0.565. The highest BCUT2D eigenvalue weighted by Gasteiger charge is 2.41. The first kappa shape index (κ1) is 25.8. The van der Waals surface area contributed by atoms with Crippen molar-refractivity contribution < 1.29 is 22.7 Å². The molecule has 10 heteroatoms. The van der Waals surface area contributed by atoms with Crippen LogP contribution in [0.15, 0.2) is 33.4 Å². The van der Waals surface area contributed by atoms with Gasteiger partial charge in [0.15, 0.2) is 12.5 Å². The number of alkyl halides is 3. The molecule has 2 fully saturated rings. The molecule has 1 saturated heterocycles. The fraction of sp³-hybridized carbons (Fsp3) is 0.680. The van der Waals surface area contributed by atoms with Crippen LogP contribution in [0.2, 0.25) is 0 Å². The van der Waals surface area contributed by atoms with Gasteiger partial charge in [-0.05, 0) is 68.8 Å². The van der Waals surface area contributed by atoms with E-state index in [0.717, 1.165) is 63.9 Å². The van der Waals surface area contributed by atoms with Gasteiger partial charge >= 0.3 is 6.18 Å². The summed E-state index contributed by atoms with van der Waals surface area (Å²) in [5.74, 6) is 0.239. The molecule has 2 heterocycles. The summed E-state index contributed by atoms with van der Waals surface area (Å²) < 4.78 is 46.0. The average molecular weight is 494 g/mol. The van der Waals surface area contributed by atoms with Gasteiger partial charge in [0.1, 0.15) is 0 Å². The fourth-order valence-electron chi connectivity index (χ4n) is 5.61. The number of rotatable bonds is 8. The number of nitrogens with one attached hydrogen (secondary N) is 1. The van der Waals surface area contributed by atoms with Crippen LogP contribution in [0.5, 0.6) is 0 Å². The zero-order chi connectivity index (χ0) is 25.0. The Hall–Kier alpha value is -2.33. The summed E-state index contributed by atoms with van der Waals surface area (Å²) in [4.78, 5) is 19.7. The number of amidine groups is 1.